The van der Waals surface area contributed by atoms with Crippen LogP contribution in [0.2, 0.25) is 0 Å². The Bertz CT molecular complexity index is 532. The lowest BCUT2D eigenvalue weighted by atomic mass is 9.86. The number of ether oxygens (including phenoxy) is 1. The van der Waals surface area contributed by atoms with E-state index >= 15 is 0 Å². The standard InChI is InChI=1S/C16H17NO2/c17-10-12-2-1-3-15(8-12)19-16(18)9-14-7-11-4-5-13(14)6-11/h1-3,8,11,13-14H,4-7,9H2. The summed E-state index contributed by atoms with van der Waals surface area (Å²) < 4.78 is 5.34. The zero-order valence-electron chi connectivity index (χ0n) is 10.8. The Hall–Kier alpha value is -1.82. The first kappa shape index (κ1) is 12.2. The topological polar surface area (TPSA) is 50.1 Å². The van der Waals surface area contributed by atoms with Crippen LogP contribution in [0, 0.1) is 29.1 Å². The highest BCUT2D eigenvalue weighted by Crippen LogP contribution is 2.49. The normalized spacial score (nSPS) is 28.1. The number of benzene rings is 1. The molecule has 1 aromatic carbocycles. The predicted octanol–water partition coefficient (Wildman–Crippen LogP) is 3.29. The smallest absolute Gasteiger partial charge is 0.311 e. The number of nitrogens with zero attached hydrogens (tertiary/aromatic N) is 1. The van der Waals surface area contributed by atoms with Crippen LogP contribution in [0.25, 0.3) is 0 Å². The van der Waals surface area contributed by atoms with Crippen molar-refractivity contribution < 1.29 is 9.53 Å². The highest BCUT2D eigenvalue weighted by atomic mass is 16.5. The molecule has 19 heavy (non-hydrogen) atoms. The molecule has 0 aliphatic heterocycles. The molecule has 0 aromatic heterocycles. The molecule has 1 aromatic rings. The quantitative estimate of drug-likeness (QED) is 0.615. The monoisotopic (exact) mass is 255 g/mol. The van der Waals surface area contributed by atoms with Gasteiger partial charge >= 0.3 is 5.97 Å². The van der Waals surface area contributed by atoms with Crippen molar-refractivity contribution in [3.63, 3.8) is 0 Å². The maximum atomic E-state index is 11.9. The van der Waals surface area contributed by atoms with E-state index in [0.717, 1.165) is 11.8 Å². The minimum absolute atomic E-state index is 0.160. The molecule has 0 amide bonds. The molecule has 3 unspecified atom stereocenters. The maximum absolute atomic E-state index is 11.9. The minimum Gasteiger partial charge on any atom is -0.426 e. The lowest BCUT2D eigenvalue weighted by Gasteiger charge is -2.20. The fraction of sp³-hybridized carbons (Fsp3) is 0.500. The highest BCUT2D eigenvalue weighted by molar-refractivity contribution is 5.72. The van der Waals surface area contributed by atoms with Gasteiger partial charge < -0.3 is 4.74 Å². The van der Waals surface area contributed by atoms with Gasteiger partial charge in [-0.2, -0.15) is 5.26 Å². The summed E-state index contributed by atoms with van der Waals surface area (Å²) >= 11 is 0. The van der Waals surface area contributed by atoms with E-state index in [1.54, 1.807) is 24.3 Å². The Labute approximate surface area is 113 Å². The van der Waals surface area contributed by atoms with E-state index in [0.29, 0.717) is 23.7 Å². The van der Waals surface area contributed by atoms with Crippen LogP contribution in [-0.4, -0.2) is 5.97 Å². The van der Waals surface area contributed by atoms with Gasteiger partial charge in [0.1, 0.15) is 5.75 Å². The summed E-state index contributed by atoms with van der Waals surface area (Å²) in [6.07, 6.45) is 5.66. The maximum Gasteiger partial charge on any atom is 0.311 e. The summed E-state index contributed by atoms with van der Waals surface area (Å²) in [6.45, 7) is 0. The van der Waals surface area contributed by atoms with Crippen LogP contribution >= 0.6 is 0 Å². The summed E-state index contributed by atoms with van der Waals surface area (Å²) in [5.74, 6) is 2.43. The Balaban J connectivity index is 1.58. The fourth-order valence-electron chi connectivity index (χ4n) is 3.64. The second kappa shape index (κ2) is 5.05. The van der Waals surface area contributed by atoms with Crippen LogP contribution in [0.1, 0.15) is 37.7 Å². The average Bonchev–Trinajstić information content (AvgIpc) is 3.01. The lowest BCUT2D eigenvalue weighted by molar-refractivity contribution is -0.135. The summed E-state index contributed by atoms with van der Waals surface area (Å²) in [5, 5.41) is 8.81. The molecule has 2 saturated carbocycles. The van der Waals surface area contributed by atoms with Gasteiger partial charge in [0.2, 0.25) is 0 Å². The lowest BCUT2D eigenvalue weighted by Crippen LogP contribution is -2.18. The summed E-state index contributed by atoms with van der Waals surface area (Å²) in [7, 11) is 0. The van der Waals surface area contributed by atoms with Gasteiger partial charge in [-0.25, -0.2) is 0 Å². The van der Waals surface area contributed by atoms with Crippen LogP contribution in [0.3, 0.4) is 0 Å². The van der Waals surface area contributed by atoms with E-state index in [1.807, 2.05) is 6.07 Å². The molecule has 2 aliphatic carbocycles. The number of rotatable bonds is 3. The Kier molecular flexibility index (Phi) is 3.25. The molecule has 3 rings (SSSR count). The zero-order valence-corrected chi connectivity index (χ0v) is 10.8. The number of hydrogen-bond acceptors (Lipinski definition) is 3. The van der Waals surface area contributed by atoms with Crippen LogP contribution in [0.5, 0.6) is 5.75 Å². The number of carbonyl (C=O) groups excluding carboxylic acids is 1. The van der Waals surface area contributed by atoms with Gasteiger partial charge in [-0.1, -0.05) is 12.5 Å². The SMILES string of the molecule is N#Cc1cccc(OC(=O)CC2CC3CCC2C3)c1. The number of esters is 1. The van der Waals surface area contributed by atoms with E-state index in [4.69, 9.17) is 10.00 Å². The second-order valence-electron chi connectivity index (χ2n) is 5.75. The van der Waals surface area contributed by atoms with Gasteiger partial charge in [0, 0.05) is 6.42 Å². The predicted molar refractivity (Wildman–Crippen MR) is 70.3 cm³/mol. The Morgan fingerprint density at radius 1 is 1.37 bits per heavy atom. The van der Waals surface area contributed by atoms with Crippen molar-refractivity contribution in [2.45, 2.75) is 32.1 Å². The molecule has 0 heterocycles. The summed E-state index contributed by atoms with van der Waals surface area (Å²) in [5.41, 5.74) is 0.519. The molecule has 3 nitrogen and oxygen atoms in total. The molecular weight excluding hydrogens is 238 g/mol. The van der Waals surface area contributed by atoms with Crippen molar-refractivity contribution in [3.8, 4) is 11.8 Å². The van der Waals surface area contributed by atoms with Crippen LogP contribution < -0.4 is 4.74 Å². The number of hydrogen-bond donors (Lipinski definition) is 0. The van der Waals surface area contributed by atoms with Crippen molar-refractivity contribution >= 4 is 5.97 Å². The highest BCUT2D eigenvalue weighted by Gasteiger charge is 2.40. The molecule has 2 bridgehead atoms. The third-order valence-corrected chi connectivity index (χ3v) is 4.51. The average molecular weight is 255 g/mol. The molecule has 98 valence electrons. The number of nitriles is 1. The molecule has 0 N–H and O–H groups in total. The van der Waals surface area contributed by atoms with Crippen molar-refractivity contribution in [3.05, 3.63) is 29.8 Å². The number of fused-ring (bicyclic) bond motifs is 2. The van der Waals surface area contributed by atoms with Gasteiger partial charge in [-0.15, -0.1) is 0 Å². The van der Waals surface area contributed by atoms with Crippen LogP contribution in [0.4, 0.5) is 0 Å². The Morgan fingerprint density at radius 2 is 2.26 bits per heavy atom. The molecule has 2 fully saturated rings. The first-order chi connectivity index (χ1) is 9.24. The van der Waals surface area contributed by atoms with Gasteiger partial charge in [-0.3, -0.25) is 4.79 Å². The van der Waals surface area contributed by atoms with Gasteiger partial charge in [0.05, 0.1) is 11.6 Å². The molecule has 0 radical (unpaired) electrons. The fourth-order valence-corrected chi connectivity index (χ4v) is 3.64. The molecular formula is C16H17NO2. The van der Waals surface area contributed by atoms with E-state index in [9.17, 15) is 4.79 Å². The number of carbonyl (C=O) groups is 1. The van der Waals surface area contributed by atoms with E-state index in [1.165, 1.54) is 25.7 Å². The van der Waals surface area contributed by atoms with Crippen molar-refractivity contribution in [2.75, 3.05) is 0 Å². The first-order valence-electron chi connectivity index (χ1n) is 6.95. The van der Waals surface area contributed by atoms with Crippen molar-refractivity contribution in [1.29, 1.82) is 5.26 Å². The van der Waals surface area contributed by atoms with Gasteiger partial charge in [-0.05, 0) is 55.2 Å². The van der Waals surface area contributed by atoms with Crippen LogP contribution in [0.15, 0.2) is 24.3 Å². The van der Waals surface area contributed by atoms with E-state index in [2.05, 4.69) is 0 Å². The molecule has 3 atom stereocenters. The first-order valence-corrected chi connectivity index (χ1v) is 6.95. The molecule has 0 spiro atoms. The molecule has 3 heteroatoms. The van der Waals surface area contributed by atoms with Crippen LogP contribution in [-0.2, 0) is 4.79 Å². The summed E-state index contributed by atoms with van der Waals surface area (Å²) in [6, 6.07) is 8.81. The largest absolute Gasteiger partial charge is 0.426 e. The second-order valence-corrected chi connectivity index (χ2v) is 5.75. The van der Waals surface area contributed by atoms with Gasteiger partial charge in [0.25, 0.3) is 0 Å². The van der Waals surface area contributed by atoms with Crippen molar-refractivity contribution in [2.24, 2.45) is 17.8 Å². The van der Waals surface area contributed by atoms with Gasteiger partial charge in [0.15, 0.2) is 0 Å². The Morgan fingerprint density at radius 3 is 2.95 bits per heavy atom. The molecule has 2 aliphatic rings. The third-order valence-electron chi connectivity index (χ3n) is 4.51. The van der Waals surface area contributed by atoms with E-state index < -0.39 is 0 Å². The molecule has 0 saturated heterocycles. The van der Waals surface area contributed by atoms with Crippen molar-refractivity contribution in [1.82, 2.24) is 0 Å². The zero-order chi connectivity index (χ0) is 13.2. The minimum atomic E-state index is -0.160. The third kappa shape index (κ3) is 2.63. The summed E-state index contributed by atoms with van der Waals surface area (Å²) in [4.78, 5) is 11.9. The van der Waals surface area contributed by atoms with E-state index in [-0.39, 0.29) is 5.97 Å².